The van der Waals surface area contributed by atoms with E-state index in [1.807, 2.05) is 35.5 Å². The minimum atomic E-state index is -0.0247. The van der Waals surface area contributed by atoms with E-state index in [0.29, 0.717) is 18.2 Å². The number of rotatable bonds is 8. The first kappa shape index (κ1) is 24.5. The number of urea groups is 1. The van der Waals surface area contributed by atoms with Crippen LogP contribution in [0.2, 0.25) is 0 Å². The van der Waals surface area contributed by atoms with Gasteiger partial charge < -0.3 is 15.1 Å². The second-order valence-corrected chi connectivity index (χ2v) is 10.3. The average molecular weight is 481 g/mol. The molecule has 0 saturated carbocycles. The number of carbonyl (C=O) groups is 2. The molecule has 1 aromatic carbocycles. The third-order valence-electron chi connectivity index (χ3n) is 6.91. The zero-order valence-corrected chi connectivity index (χ0v) is 21.0. The number of allylic oxidation sites excluding steroid dienone is 1. The summed E-state index contributed by atoms with van der Waals surface area (Å²) < 4.78 is 0. The van der Waals surface area contributed by atoms with Crippen LogP contribution in [0.25, 0.3) is 0 Å². The van der Waals surface area contributed by atoms with Crippen LogP contribution in [0.5, 0.6) is 0 Å². The van der Waals surface area contributed by atoms with Crippen LogP contribution in [0, 0.1) is 0 Å². The highest BCUT2D eigenvalue weighted by atomic mass is 32.1. The Morgan fingerprint density at radius 1 is 1.15 bits per heavy atom. The molecule has 0 bridgehead atoms. The molecule has 0 spiro atoms. The molecular weight excluding hydrogens is 444 g/mol. The first-order chi connectivity index (χ1) is 16.6. The van der Waals surface area contributed by atoms with Gasteiger partial charge in [0.2, 0.25) is 0 Å². The Kier molecular flexibility index (Phi) is 8.74. The fourth-order valence-corrected chi connectivity index (χ4v) is 5.68. The quantitative estimate of drug-likeness (QED) is 0.526. The van der Waals surface area contributed by atoms with Crippen LogP contribution < -0.4 is 5.32 Å². The predicted molar refractivity (Wildman–Crippen MR) is 137 cm³/mol. The summed E-state index contributed by atoms with van der Waals surface area (Å²) in [6.07, 6.45) is 10.9. The van der Waals surface area contributed by atoms with Gasteiger partial charge in [-0.3, -0.25) is 4.79 Å². The molecule has 1 saturated heterocycles. The number of hydrogen-bond acceptors (Lipinski definition) is 4. The van der Waals surface area contributed by atoms with Crippen molar-refractivity contribution in [3.63, 3.8) is 0 Å². The molecule has 0 atom stereocenters. The number of benzene rings is 1. The van der Waals surface area contributed by atoms with Crippen molar-refractivity contribution in [2.24, 2.45) is 0 Å². The van der Waals surface area contributed by atoms with E-state index < -0.39 is 0 Å². The van der Waals surface area contributed by atoms with Crippen molar-refractivity contribution < 1.29 is 9.59 Å². The lowest BCUT2D eigenvalue weighted by molar-refractivity contribution is 0.0791. The van der Waals surface area contributed by atoms with Crippen molar-refractivity contribution in [2.75, 3.05) is 33.2 Å². The summed E-state index contributed by atoms with van der Waals surface area (Å²) in [6, 6.07) is 10.3. The maximum absolute atomic E-state index is 12.8. The molecule has 0 unspecified atom stereocenters. The number of nitrogens with one attached hydrogen (secondary N) is 1. The molecule has 1 fully saturated rings. The van der Waals surface area contributed by atoms with E-state index in [1.165, 1.54) is 36.8 Å². The molecule has 2 aromatic rings. The summed E-state index contributed by atoms with van der Waals surface area (Å²) in [5, 5.41) is 5.99. The van der Waals surface area contributed by atoms with Gasteiger partial charge in [0.15, 0.2) is 0 Å². The summed E-state index contributed by atoms with van der Waals surface area (Å²) in [5.74, 6) is 0.293. The van der Waals surface area contributed by atoms with E-state index in [9.17, 15) is 9.59 Å². The van der Waals surface area contributed by atoms with Crippen LogP contribution in [-0.2, 0) is 6.42 Å². The number of likely N-dealkylation sites (N-methyl/N-ethyl adjacent to an activating group) is 1. The Bertz CT molecular complexity index is 980. The summed E-state index contributed by atoms with van der Waals surface area (Å²) in [6.45, 7) is 2.86. The number of aromatic nitrogens is 1. The fraction of sp³-hybridized carbons (Fsp3) is 0.519. The van der Waals surface area contributed by atoms with Crippen molar-refractivity contribution >= 4 is 23.3 Å². The third-order valence-corrected chi connectivity index (χ3v) is 7.91. The molecule has 0 radical (unpaired) electrons. The van der Waals surface area contributed by atoms with Gasteiger partial charge in [0.25, 0.3) is 5.91 Å². The highest BCUT2D eigenvalue weighted by Gasteiger charge is 2.26. The van der Waals surface area contributed by atoms with Crippen LogP contribution in [0.4, 0.5) is 4.79 Å². The summed E-state index contributed by atoms with van der Waals surface area (Å²) >= 11 is 1.57. The molecule has 182 valence electrons. The van der Waals surface area contributed by atoms with Crippen LogP contribution in [0.1, 0.15) is 71.9 Å². The molecule has 3 amide bonds. The highest BCUT2D eigenvalue weighted by molar-refractivity contribution is 7.09. The maximum atomic E-state index is 12.8. The molecule has 1 aliphatic heterocycles. The number of carbonyl (C=O) groups excluding carboxylic acids is 2. The van der Waals surface area contributed by atoms with E-state index in [1.54, 1.807) is 16.2 Å². The Morgan fingerprint density at radius 3 is 2.68 bits per heavy atom. The molecule has 2 heterocycles. The molecule has 4 rings (SSSR count). The van der Waals surface area contributed by atoms with Gasteiger partial charge >= 0.3 is 6.03 Å². The number of hydrogen-bond donors (Lipinski definition) is 1. The Labute approximate surface area is 207 Å². The smallest absolute Gasteiger partial charge is 0.317 e. The lowest BCUT2D eigenvalue weighted by Gasteiger charge is -2.31. The largest absolute Gasteiger partial charge is 0.340 e. The maximum Gasteiger partial charge on any atom is 0.317 e. The number of thiazole rings is 1. The van der Waals surface area contributed by atoms with Gasteiger partial charge in [-0.1, -0.05) is 42.0 Å². The van der Waals surface area contributed by atoms with Crippen molar-refractivity contribution in [3.8, 4) is 0 Å². The number of piperidine rings is 1. The van der Waals surface area contributed by atoms with Gasteiger partial charge in [-0.25, -0.2) is 9.78 Å². The second kappa shape index (κ2) is 12.2. The van der Waals surface area contributed by atoms with Gasteiger partial charge in [-0.2, -0.15) is 0 Å². The molecule has 1 aromatic heterocycles. The summed E-state index contributed by atoms with van der Waals surface area (Å²) in [7, 11) is 1.84. The van der Waals surface area contributed by atoms with Crippen molar-refractivity contribution in [3.05, 3.63) is 63.6 Å². The minimum Gasteiger partial charge on any atom is -0.340 e. The third kappa shape index (κ3) is 6.69. The van der Waals surface area contributed by atoms with Crippen molar-refractivity contribution in [1.29, 1.82) is 0 Å². The Hall–Kier alpha value is -2.67. The molecular formula is C27H36N4O2S. The van der Waals surface area contributed by atoms with Gasteiger partial charge in [-0.15, -0.1) is 11.3 Å². The molecule has 1 N–H and O–H groups in total. The van der Waals surface area contributed by atoms with E-state index in [2.05, 4.69) is 28.5 Å². The van der Waals surface area contributed by atoms with E-state index in [-0.39, 0.29) is 11.9 Å². The summed E-state index contributed by atoms with van der Waals surface area (Å²) in [5.41, 5.74) is 3.25. The molecule has 2 aliphatic rings. The number of nitrogens with zero attached hydrogens (tertiary/aromatic N) is 3. The van der Waals surface area contributed by atoms with Crippen LogP contribution in [-0.4, -0.2) is 59.9 Å². The number of amides is 3. The Balaban J connectivity index is 1.20. The van der Waals surface area contributed by atoms with Crippen molar-refractivity contribution in [1.82, 2.24) is 20.1 Å². The van der Waals surface area contributed by atoms with E-state index in [4.69, 9.17) is 0 Å². The zero-order valence-electron chi connectivity index (χ0n) is 20.2. The van der Waals surface area contributed by atoms with Gasteiger partial charge in [-0.05, 0) is 56.9 Å². The second-order valence-electron chi connectivity index (χ2n) is 9.38. The normalized spacial score (nSPS) is 16.7. The topological polar surface area (TPSA) is 65.5 Å². The standard InChI is InChI=1S/C27H36N4O2S/c1-30(17-13-22-10-6-3-7-11-22)26(32)24-20-34-25(29-24)23-14-18-31(19-15-23)27(33)28-16-12-21-8-4-2-5-9-21/h3,6-8,10-11,20,23H,2,4-5,9,12-19H2,1H3,(H,28,33). The molecule has 7 heteroatoms. The summed E-state index contributed by atoms with van der Waals surface area (Å²) in [4.78, 5) is 33.7. The number of likely N-dealkylation sites (tertiary alicyclic amines) is 1. The SMILES string of the molecule is CN(CCc1ccccc1)C(=O)c1csc(C2CCN(C(=O)NCCC3=CCCCC3)CC2)n1. The zero-order chi connectivity index (χ0) is 23.8. The lowest BCUT2D eigenvalue weighted by atomic mass is 9.97. The fourth-order valence-electron chi connectivity index (χ4n) is 4.71. The monoisotopic (exact) mass is 480 g/mol. The van der Waals surface area contributed by atoms with Crippen LogP contribution >= 0.6 is 11.3 Å². The van der Waals surface area contributed by atoms with Crippen LogP contribution in [0.15, 0.2) is 47.4 Å². The molecule has 6 nitrogen and oxygen atoms in total. The first-order valence-corrected chi connectivity index (χ1v) is 13.4. The van der Waals surface area contributed by atoms with Crippen molar-refractivity contribution in [2.45, 2.75) is 57.3 Å². The minimum absolute atomic E-state index is 0.0247. The average Bonchev–Trinajstić information content (AvgIpc) is 3.38. The highest BCUT2D eigenvalue weighted by Crippen LogP contribution is 2.30. The van der Waals surface area contributed by atoms with E-state index >= 15 is 0 Å². The van der Waals surface area contributed by atoms with Gasteiger partial charge in [0.05, 0.1) is 5.01 Å². The first-order valence-electron chi connectivity index (χ1n) is 12.6. The van der Waals surface area contributed by atoms with Gasteiger partial charge in [0, 0.05) is 44.5 Å². The predicted octanol–water partition coefficient (Wildman–Crippen LogP) is 5.24. The molecule has 1 aliphatic carbocycles. The Morgan fingerprint density at radius 2 is 1.94 bits per heavy atom. The van der Waals surface area contributed by atoms with E-state index in [0.717, 1.165) is 50.3 Å². The molecule has 34 heavy (non-hydrogen) atoms. The van der Waals surface area contributed by atoms with Crippen LogP contribution in [0.3, 0.4) is 0 Å². The van der Waals surface area contributed by atoms with Gasteiger partial charge in [0.1, 0.15) is 5.69 Å². The lowest BCUT2D eigenvalue weighted by Crippen LogP contribution is -2.44.